The zero-order chi connectivity index (χ0) is 17.8. The van der Waals surface area contributed by atoms with E-state index in [9.17, 15) is 9.59 Å². The van der Waals surface area contributed by atoms with Crippen LogP contribution in [0.4, 0.5) is 0 Å². The molecule has 0 aromatic carbocycles. The second-order valence-electron chi connectivity index (χ2n) is 6.60. The van der Waals surface area contributed by atoms with Crippen molar-refractivity contribution in [3.05, 3.63) is 46.4 Å². The van der Waals surface area contributed by atoms with Gasteiger partial charge in [0.15, 0.2) is 0 Å². The molecular weight excluding hydrogens is 318 g/mol. The van der Waals surface area contributed by atoms with E-state index in [1.807, 2.05) is 17.3 Å². The summed E-state index contributed by atoms with van der Waals surface area (Å²) in [5, 5.41) is 4.09. The van der Waals surface area contributed by atoms with Crippen LogP contribution in [0.15, 0.2) is 29.3 Å². The Hall–Kier alpha value is -2.44. The van der Waals surface area contributed by atoms with Gasteiger partial charge in [0.25, 0.3) is 11.5 Å². The number of carbonyl (C=O) groups excluding carboxylic acids is 1. The van der Waals surface area contributed by atoms with Gasteiger partial charge in [-0.1, -0.05) is 13.3 Å². The van der Waals surface area contributed by atoms with Crippen molar-refractivity contribution < 1.29 is 4.79 Å². The molecule has 2 aromatic heterocycles. The summed E-state index contributed by atoms with van der Waals surface area (Å²) in [7, 11) is 1.56. The summed E-state index contributed by atoms with van der Waals surface area (Å²) in [5.41, 5.74) is 0.100. The summed E-state index contributed by atoms with van der Waals surface area (Å²) in [5.74, 6) is 1.20. The predicted molar refractivity (Wildman–Crippen MR) is 94.5 cm³/mol. The van der Waals surface area contributed by atoms with Crippen LogP contribution in [0.1, 0.15) is 54.8 Å². The Balaban J connectivity index is 1.74. The minimum Gasteiger partial charge on any atom is -0.337 e. The highest BCUT2D eigenvalue weighted by atomic mass is 16.2. The summed E-state index contributed by atoms with van der Waals surface area (Å²) in [4.78, 5) is 30.6. The van der Waals surface area contributed by atoms with Crippen molar-refractivity contribution in [1.29, 1.82) is 0 Å². The average Bonchev–Trinajstić information content (AvgIpc) is 3.10. The van der Waals surface area contributed by atoms with Crippen molar-refractivity contribution in [3.8, 4) is 0 Å². The lowest BCUT2D eigenvalue weighted by Crippen LogP contribution is -2.40. The number of hydrogen-bond acceptors (Lipinski definition) is 4. The standard InChI is InChI=1S/C18H25N5O2/c1-3-4-10-22-12-9-19-17(22)14-6-5-11-23(13-14)18(25)15-7-8-16(24)21(2)20-15/h7-9,12,14H,3-6,10-11,13H2,1-2H3. The van der Waals surface area contributed by atoms with Crippen molar-refractivity contribution in [2.75, 3.05) is 13.1 Å². The van der Waals surface area contributed by atoms with E-state index in [1.165, 1.54) is 16.8 Å². The molecule has 3 heterocycles. The van der Waals surface area contributed by atoms with Gasteiger partial charge in [0, 0.05) is 51.1 Å². The van der Waals surface area contributed by atoms with E-state index in [4.69, 9.17) is 0 Å². The zero-order valence-corrected chi connectivity index (χ0v) is 14.9. The van der Waals surface area contributed by atoms with Crippen LogP contribution < -0.4 is 5.56 Å². The third kappa shape index (κ3) is 3.81. The Kier molecular flexibility index (Phi) is 5.31. The first-order valence-corrected chi connectivity index (χ1v) is 8.94. The van der Waals surface area contributed by atoms with Crippen LogP contribution in [0.25, 0.3) is 0 Å². The summed E-state index contributed by atoms with van der Waals surface area (Å²) in [6.45, 7) is 4.51. The molecular formula is C18H25N5O2. The highest BCUT2D eigenvalue weighted by Crippen LogP contribution is 2.26. The monoisotopic (exact) mass is 343 g/mol. The van der Waals surface area contributed by atoms with Gasteiger partial charge >= 0.3 is 0 Å². The van der Waals surface area contributed by atoms with E-state index in [2.05, 4.69) is 21.6 Å². The maximum Gasteiger partial charge on any atom is 0.274 e. The van der Waals surface area contributed by atoms with E-state index in [0.717, 1.165) is 44.6 Å². The number of piperidine rings is 1. The number of imidazole rings is 1. The van der Waals surface area contributed by atoms with Crippen LogP contribution in [-0.2, 0) is 13.6 Å². The van der Waals surface area contributed by atoms with Gasteiger partial charge in [-0.05, 0) is 25.3 Å². The molecule has 1 unspecified atom stereocenters. The van der Waals surface area contributed by atoms with E-state index in [0.29, 0.717) is 12.2 Å². The molecule has 2 aromatic rings. The summed E-state index contributed by atoms with van der Waals surface area (Å²) in [6.07, 6.45) is 8.13. The molecule has 1 atom stereocenters. The van der Waals surface area contributed by atoms with Gasteiger partial charge < -0.3 is 9.47 Å². The van der Waals surface area contributed by atoms with E-state index >= 15 is 0 Å². The maximum absolute atomic E-state index is 12.8. The number of carbonyl (C=O) groups is 1. The molecule has 1 aliphatic rings. The smallest absolute Gasteiger partial charge is 0.274 e. The van der Waals surface area contributed by atoms with Gasteiger partial charge in [-0.25, -0.2) is 9.67 Å². The number of likely N-dealkylation sites (tertiary alicyclic amines) is 1. The fourth-order valence-electron chi connectivity index (χ4n) is 3.35. The SMILES string of the molecule is CCCCn1ccnc1C1CCCN(C(=O)c2ccc(=O)n(C)n2)C1. The highest BCUT2D eigenvalue weighted by Gasteiger charge is 2.28. The van der Waals surface area contributed by atoms with Crippen molar-refractivity contribution >= 4 is 5.91 Å². The van der Waals surface area contributed by atoms with Gasteiger partial charge in [-0.2, -0.15) is 5.10 Å². The molecule has 1 saturated heterocycles. The molecule has 0 aliphatic carbocycles. The Morgan fingerprint density at radius 2 is 2.20 bits per heavy atom. The van der Waals surface area contributed by atoms with Gasteiger partial charge in [-0.3, -0.25) is 9.59 Å². The van der Waals surface area contributed by atoms with E-state index in [-0.39, 0.29) is 17.4 Å². The first kappa shape index (κ1) is 17.4. The fraction of sp³-hybridized carbons (Fsp3) is 0.556. The van der Waals surface area contributed by atoms with Crippen LogP contribution in [-0.4, -0.2) is 43.2 Å². The van der Waals surface area contributed by atoms with Crippen LogP contribution in [0, 0.1) is 0 Å². The van der Waals surface area contributed by atoms with Gasteiger partial charge in [0.2, 0.25) is 0 Å². The summed E-state index contributed by atoms with van der Waals surface area (Å²) >= 11 is 0. The molecule has 0 N–H and O–H groups in total. The van der Waals surface area contributed by atoms with Gasteiger partial charge in [0.1, 0.15) is 11.5 Å². The topological polar surface area (TPSA) is 73.0 Å². The van der Waals surface area contributed by atoms with Crippen LogP contribution in [0.3, 0.4) is 0 Å². The van der Waals surface area contributed by atoms with Gasteiger partial charge in [0.05, 0.1) is 0 Å². The Morgan fingerprint density at radius 1 is 1.36 bits per heavy atom. The molecule has 1 fully saturated rings. The minimum atomic E-state index is -0.217. The molecule has 7 heteroatoms. The third-order valence-corrected chi connectivity index (χ3v) is 4.75. The molecule has 1 amide bonds. The summed E-state index contributed by atoms with van der Waals surface area (Å²) < 4.78 is 3.42. The van der Waals surface area contributed by atoms with Crippen molar-refractivity contribution in [2.24, 2.45) is 7.05 Å². The zero-order valence-electron chi connectivity index (χ0n) is 14.9. The quantitative estimate of drug-likeness (QED) is 0.830. The molecule has 0 spiro atoms. The molecule has 1 aliphatic heterocycles. The molecule has 0 bridgehead atoms. The molecule has 3 rings (SSSR count). The number of nitrogens with zero attached hydrogens (tertiary/aromatic N) is 5. The normalized spacial score (nSPS) is 17.7. The first-order chi connectivity index (χ1) is 12.1. The third-order valence-electron chi connectivity index (χ3n) is 4.75. The molecule has 25 heavy (non-hydrogen) atoms. The Labute approximate surface area is 147 Å². The number of hydrogen-bond donors (Lipinski definition) is 0. The van der Waals surface area contributed by atoms with E-state index < -0.39 is 0 Å². The molecule has 0 radical (unpaired) electrons. The van der Waals surface area contributed by atoms with Crippen molar-refractivity contribution in [1.82, 2.24) is 24.2 Å². The number of aromatic nitrogens is 4. The second kappa shape index (κ2) is 7.63. The lowest BCUT2D eigenvalue weighted by molar-refractivity contribution is 0.0694. The van der Waals surface area contributed by atoms with E-state index in [1.54, 1.807) is 7.05 Å². The number of rotatable bonds is 5. The number of aryl methyl sites for hydroxylation is 2. The van der Waals surface area contributed by atoms with Crippen LogP contribution in [0.5, 0.6) is 0 Å². The molecule has 7 nitrogen and oxygen atoms in total. The predicted octanol–water partition coefficient (Wildman–Crippen LogP) is 1.80. The summed E-state index contributed by atoms with van der Waals surface area (Å²) in [6, 6.07) is 2.90. The second-order valence-corrected chi connectivity index (χ2v) is 6.60. The maximum atomic E-state index is 12.8. The van der Waals surface area contributed by atoms with Gasteiger partial charge in [-0.15, -0.1) is 0 Å². The Bertz CT molecular complexity index is 795. The lowest BCUT2D eigenvalue weighted by atomic mass is 9.96. The lowest BCUT2D eigenvalue weighted by Gasteiger charge is -2.32. The molecule has 134 valence electrons. The number of unbranched alkanes of at least 4 members (excludes halogenated alkanes) is 1. The minimum absolute atomic E-state index is 0.119. The first-order valence-electron chi connectivity index (χ1n) is 8.94. The highest BCUT2D eigenvalue weighted by molar-refractivity contribution is 5.92. The molecule has 0 saturated carbocycles. The van der Waals surface area contributed by atoms with Crippen molar-refractivity contribution in [3.63, 3.8) is 0 Å². The number of amides is 1. The van der Waals surface area contributed by atoms with Crippen LogP contribution >= 0.6 is 0 Å². The largest absolute Gasteiger partial charge is 0.337 e. The Morgan fingerprint density at radius 3 is 2.96 bits per heavy atom. The fourth-order valence-corrected chi connectivity index (χ4v) is 3.35. The average molecular weight is 343 g/mol. The van der Waals surface area contributed by atoms with Crippen molar-refractivity contribution in [2.45, 2.75) is 45.1 Å². The van der Waals surface area contributed by atoms with Crippen LogP contribution in [0.2, 0.25) is 0 Å².